The third-order valence-corrected chi connectivity index (χ3v) is 3.66. The Hall–Kier alpha value is -0.520. The molecule has 0 bridgehead atoms. The minimum atomic E-state index is 0.725. The molecule has 0 amide bonds. The van der Waals surface area contributed by atoms with Crippen molar-refractivity contribution in [3.8, 4) is 0 Å². The van der Waals surface area contributed by atoms with Gasteiger partial charge in [-0.2, -0.15) is 0 Å². The Bertz CT molecular complexity index is 282. The van der Waals surface area contributed by atoms with Crippen molar-refractivity contribution in [1.82, 2.24) is 19.8 Å². The van der Waals surface area contributed by atoms with Crippen molar-refractivity contribution in [3.63, 3.8) is 0 Å². The van der Waals surface area contributed by atoms with E-state index in [9.17, 15) is 0 Å². The summed E-state index contributed by atoms with van der Waals surface area (Å²) < 4.78 is 3.93. The van der Waals surface area contributed by atoms with Gasteiger partial charge in [-0.05, 0) is 50.4 Å². The van der Waals surface area contributed by atoms with Crippen molar-refractivity contribution in [2.45, 2.75) is 38.8 Å². The van der Waals surface area contributed by atoms with Crippen LogP contribution in [-0.4, -0.2) is 40.2 Å². The van der Waals surface area contributed by atoms with Gasteiger partial charge in [-0.3, -0.25) is 4.90 Å². The molecule has 90 valence electrons. The van der Waals surface area contributed by atoms with Gasteiger partial charge in [0.05, 0.1) is 5.69 Å². The molecule has 1 N–H and O–H groups in total. The van der Waals surface area contributed by atoms with Gasteiger partial charge in [-0.1, -0.05) is 11.4 Å². The van der Waals surface area contributed by atoms with E-state index in [1.54, 1.807) is 0 Å². The Labute approximate surface area is 101 Å². The summed E-state index contributed by atoms with van der Waals surface area (Å²) in [5.41, 5.74) is 1.12. The standard InChI is InChI=1S/C11H20N4S/c1-2-7-15(8-10-9-16-14-13-10)11-3-5-12-6-4-11/h9,11-12H,2-8H2,1H3. The highest BCUT2D eigenvalue weighted by Crippen LogP contribution is 2.15. The Kier molecular flexibility index (Phi) is 4.69. The molecule has 0 aliphatic carbocycles. The molecule has 0 spiro atoms. The largest absolute Gasteiger partial charge is 0.317 e. The topological polar surface area (TPSA) is 41.1 Å². The molecule has 1 aliphatic rings. The molecular formula is C11H20N4S. The summed E-state index contributed by atoms with van der Waals surface area (Å²) in [7, 11) is 0. The minimum absolute atomic E-state index is 0.725. The number of rotatable bonds is 5. The van der Waals surface area contributed by atoms with Gasteiger partial charge in [0.25, 0.3) is 0 Å². The third kappa shape index (κ3) is 3.23. The van der Waals surface area contributed by atoms with Crippen LogP contribution in [0.4, 0.5) is 0 Å². The fourth-order valence-electron chi connectivity index (χ4n) is 2.31. The summed E-state index contributed by atoms with van der Waals surface area (Å²) in [5.74, 6) is 0. The molecule has 1 aliphatic heterocycles. The molecule has 0 unspecified atom stereocenters. The van der Waals surface area contributed by atoms with Gasteiger partial charge >= 0.3 is 0 Å². The minimum Gasteiger partial charge on any atom is -0.317 e. The predicted octanol–water partition coefficient (Wildman–Crippen LogP) is 1.50. The van der Waals surface area contributed by atoms with E-state index in [1.165, 1.54) is 37.3 Å². The highest BCUT2D eigenvalue weighted by Gasteiger charge is 2.20. The number of hydrogen-bond donors (Lipinski definition) is 1. The van der Waals surface area contributed by atoms with Gasteiger partial charge < -0.3 is 5.32 Å². The smallest absolute Gasteiger partial charge is 0.0895 e. The lowest BCUT2D eigenvalue weighted by molar-refractivity contribution is 0.152. The van der Waals surface area contributed by atoms with Crippen molar-refractivity contribution in [3.05, 3.63) is 11.1 Å². The molecule has 1 aromatic rings. The first-order valence-electron chi connectivity index (χ1n) is 6.11. The molecule has 0 radical (unpaired) electrons. The zero-order valence-corrected chi connectivity index (χ0v) is 10.7. The maximum absolute atomic E-state index is 4.14. The van der Waals surface area contributed by atoms with Crippen LogP contribution >= 0.6 is 11.5 Å². The quantitative estimate of drug-likeness (QED) is 0.847. The Balaban J connectivity index is 1.92. The van der Waals surface area contributed by atoms with Gasteiger partial charge in [0.15, 0.2) is 0 Å². The van der Waals surface area contributed by atoms with E-state index >= 15 is 0 Å². The Morgan fingerprint density at radius 2 is 2.31 bits per heavy atom. The monoisotopic (exact) mass is 240 g/mol. The fraction of sp³-hybridized carbons (Fsp3) is 0.818. The molecule has 16 heavy (non-hydrogen) atoms. The van der Waals surface area contributed by atoms with Crippen molar-refractivity contribution in [1.29, 1.82) is 0 Å². The first kappa shape index (κ1) is 12.0. The second-order valence-electron chi connectivity index (χ2n) is 4.35. The van der Waals surface area contributed by atoms with Crippen LogP contribution < -0.4 is 5.32 Å². The van der Waals surface area contributed by atoms with Crippen molar-refractivity contribution >= 4 is 11.5 Å². The van der Waals surface area contributed by atoms with Gasteiger partial charge in [0.1, 0.15) is 0 Å². The molecule has 5 heteroatoms. The predicted molar refractivity (Wildman–Crippen MR) is 66.5 cm³/mol. The van der Waals surface area contributed by atoms with Crippen LogP contribution in [0.15, 0.2) is 5.38 Å². The highest BCUT2D eigenvalue weighted by molar-refractivity contribution is 7.03. The van der Waals surface area contributed by atoms with Gasteiger partial charge in [-0.25, -0.2) is 0 Å². The van der Waals surface area contributed by atoms with Crippen molar-refractivity contribution in [2.24, 2.45) is 0 Å². The summed E-state index contributed by atoms with van der Waals surface area (Å²) in [6, 6.07) is 0.725. The molecule has 0 aromatic carbocycles. The van der Waals surface area contributed by atoms with E-state index in [1.807, 2.05) is 0 Å². The van der Waals surface area contributed by atoms with Crippen LogP contribution in [0.3, 0.4) is 0 Å². The first-order chi connectivity index (χ1) is 7.90. The normalized spacial score (nSPS) is 18.1. The molecular weight excluding hydrogens is 220 g/mol. The third-order valence-electron chi connectivity index (χ3n) is 3.11. The zero-order chi connectivity index (χ0) is 11.2. The van der Waals surface area contributed by atoms with E-state index in [2.05, 4.69) is 32.1 Å². The summed E-state index contributed by atoms with van der Waals surface area (Å²) >= 11 is 1.45. The summed E-state index contributed by atoms with van der Waals surface area (Å²) in [6.07, 6.45) is 3.73. The number of hydrogen-bond acceptors (Lipinski definition) is 5. The van der Waals surface area contributed by atoms with Crippen LogP contribution in [0, 0.1) is 0 Å². The average molecular weight is 240 g/mol. The van der Waals surface area contributed by atoms with Crippen LogP contribution in [0.25, 0.3) is 0 Å². The summed E-state index contributed by atoms with van der Waals surface area (Å²) in [4.78, 5) is 2.57. The highest BCUT2D eigenvalue weighted by atomic mass is 32.1. The summed E-state index contributed by atoms with van der Waals surface area (Å²) in [5, 5.41) is 9.62. The maximum Gasteiger partial charge on any atom is 0.0895 e. The Morgan fingerprint density at radius 1 is 1.50 bits per heavy atom. The molecule has 1 saturated heterocycles. The van der Waals surface area contributed by atoms with E-state index in [0.717, 1.165) is 31.4 Å². The molecule has 1 fully saturated rings. The average Bonchev–Trinajstić information content (AvgIpc) is 2.83. The summed E-state index contributed by atoms with van der Waals surface area (Å²) in [6.45, 7) is 6.69. The van der Waals surface area contributed by atoms with Crippen LogP contribution in [0.1, 0.15) is 31.9 Å². The number of piperidine rings is 1. The number of nitrogens with one attached hydrogen (secondary N) is 1. The molecule has 2 rings (SSSR count). The van der Waals surface area contributed by atoms with E-state index in [0.29, 0.717) is 0 Å². The molecule has 4 nitrogen and oxygen atoms in total. The van der Waals surface area contributed by atoms with Crippen molar-refractivity contribution < 1.29 is 0 Å². The molecule has 0 saturated carbocycles. The van der Waals surface area contributed by atoms with E-state index < -0.39 is 0 Å². The number of nitrogens with zero attached hydrogens (tertiary/aromatic N) is 3. The lowest BCUT2D eigenvalue weighted by Gasteiger charge is -2.33. The van der Waals surface area contributed by atoms with Crippen LogP contribution in [0.2, 0.25) is 0 Å². The Morgan fingerprint density at radius 3 is 2.94 bits per heavy atom. The second kappa shape index (κ2) is 6.27. The van der Waals surface area contributed by atoms with Gasteiger partial charge in [0.2, 0.25) is 0 Å². The molecule has 2 heterocycles. The SMILES string of the molecule is CCCN(Cc1csnn1)C1CCNCC1. The lowest BCUT2D eigenvalue weighted by Crippen LogP contribution is -2.43. The first-order valence-corrected chi connectivity index (χ1v) is 6.94. The van der Waals surface area contributed by atoms with Crippen molar-refractivity contribution in [2.75, 3.05) is 19.6 Å². The fourth-order valence-corrected chi connectivity index (χ4v) is 2.75. The number of aromatic nitrogens is 2. The van der Waals surface area contributed by atoms with Gasteiger partial charge in [-0.15, -0.1) is 5.10 Å². The molecule has 0 atom stereocenters. The second-order valence-corrected chi connectivity index (χ2v) is 4.96. The maximum atomic E-state index is 4.14. The van der Waals surface area contributed by atoms with Gasteiger partial charge in [0, 0.05) is 18.0 Å². The van der Waals surface area contributed by atoms with Crippen LogP contribution in [-0.2, 0) is 6.54 Å². The molecule has 1 aromatic heterocycles. The zero-order valence-electron chi connectivity index (χ0n) is 9.85. The van der Waals surface area contributed by atoms with Crippen LogP contribution in [0.5, 0.6) is 0 Å². The lowest BCUT2D eigenvalue weighted by atomic mass is 10.0. The van der Waals surface area contributed by atoms with E-state index in [-0.39, 0.29) is 0 Å². The van der Waals surface area contributed by atoms with E-state index in [4.69, 9.17) is 0 Å².